The molecule has 0 bridgehead atoms. The van der Waals surface area contributed by atoms with Gasteiger partial charge >= 0.3 is 0 Å². The number of benzene rings is 2. The fraction of sp³-hybridized carbons (Fsp3) is 0.615. The van der Waals surface area contributed by atoms with Crippen LogP contribution in [0.1, 0.15) is 102 Å². The van der Waals surface area contributed by atoms with E-state index in [4.69, 9.17) is 0 Å². The van der Waals surface area contributed by atoms with Gasteiger partial charge in [0.2, 0.25) is 0 Å². The molecule has 0 saturated carbocycles. The number of hydrogen-bond acceptors (Lipinski definition) is 2. The molecule has 0 unspecified atom stereocenters. The SMILES string of the molecule is CCCCCCCCc1ccc2c(CCCCCCCC)cc(S(=O)(=O)O)cc2c1. The van der Waals surface area contributed by atoms with Gasteiger partial charge in [-0.25, -0.2) is 0 Å². The Labute approximate surface area is 184 Å². The van der Waals surface area contributed by atoms with Crippen LogP contribution in [0.3, 0.4) is 0 Å². The molecule has 0 fully saturated rings. The Balaban J connectivity index is 2.09. The van der Waals surface area contributed by atoms with E-state index in [9.17, 15) is 13.0 Å². The van der Waals surface area contributed by atoms with Crippen molar-refractivity contribution in [1.29, 1.82) is 0 Å². The van der Waals surface area contributed by atoms with Crippen LogP contribution >= 0.6 is 0 Å². The van der Waals surface area contributed by atoms with E-state index in [1.807, 2.05) is 0 Å². The number of rotatable bonds is 15. The fourth-order valence-corrected chi connectivity index (χ4v) is 4.75. The maximum absolute atomic E-state index is 11.8. The van der Waals surface area contributed by atoms with E-state index in [0.717, 1.165) is 48.4 Å². The molecule has 2 aromatic carbocycles. The predicted molar refractivity (Wildman–Crippen MR) is 128 cm³/mol. The van der Waals surface area contributed by atoms with Crippen LogP contribution < -0.4 is 0 Å². The second kappa shape index (κ2) is 13.1. The standard InChI is InChI=1S/C26H40O3S/c1-3-5-7-9-11-13-15-22-17-18-26-23(16-14-12-10-8-6-4-2)20-25(30(27,28)29)21-24(26)19-22/h17-21H,3-16H2,1-2H3,(H,27,28,29). The summed E-state index contributed by atoms with van der Waals surface area (Å²) in [5.41, 5.74) is 2.28. The van der Waals surface area contributed by atoms with E-state index >= 15 is 0 Å². The van der Waals surface area contributed by atoms with Crippen molar-refractivity contribution in [3.8, 4) is 0 Å². The summed E-state index contributed by atoms with van der Waals surface area (Å²) < 4.78 is 33.3. The largest absolute Gasteiger partial charge is 0.294 e. The normalized spacial score (nSPS) is 12.0. The van der Waals surface area contributed by atoms with Gasteiger partial charge in [0.1, 0.15) is 0 Å². The van der Waals surface area contributed by atoms with Gasteiger partial charge in [-0.15, -0.1) is 0 Å². The minimum atomic E-state index is -4.20. The van der Waals surface area contributed by atoms with Gasteiger partial charge in [-0.05, 0) is 59.7 Å². The highest BCUT2D eigenvalue weighted by Gasteiger charge is 2.14. The zero-order chi connectivity index (χ0) is 21.8. The lowest BCUT2D eigenvalue weighted by atomic mass is 9.96. The van der Waals surface area contributed by atoms with E-state index < -0.39 is 10.1 Å². The van der Waals surface area contributed by atoms with Gasteiger partial charge in [0.25, 0.3) is 10.1 Å². The number of fused-ring (bicyclic) bond motifs is 1. The molecule has 2 rings (SSSR count). The summed E-state index contributed by atoms with van der Waals surface area (Å²) in [7, 11) is -4.20. The van der Waals surface area contributed by atoms with Crippen molar-refractivity contribution in [2.24, 2.45) is 0 Å². The number of aryl methyl sites for hydroxylation is 2. The monoisotopic (exact) mass is 432 g/mol. The van der Waals surface area contributed by atoms with E-state index in [1.54, 1.807) is 12.1 Å². The Morgan fingerprint density at radius 3 is 1.87 bits per heavy atom. The van der Waals surface area contributed by atoms with Crippen molar-refractivity contribution in [3.05, 3.63) is 41.5 Å². The van der Waals surface area contributed by atoms with Gasteiger partial charge in [-0.1, -0.05) is 96.3 Å². The summed E-state index contributed by atoms with van der Waals surface area (Å²) >= 11 is 0. The Bertz CT molecular complexity index is 871. The molecule has 0 atom stereocenters. The van der Waals surface area contributed by atoms with Crippen molar-refractivity contribution in [3.63, 3.8) is 0 Å². The first-order valence-corrected chi connectivity index (χ1v) is 13.4. The van der Waals surface area contributed by atoms with Crippen molar-refractivity contribution in [2.75, 3.05) is 0 Å². The Morgan fingerprint density at radius 1 is 0.700 bits per heavy atom. The Kier molecular flexibility index (Phi) is 10.9. The van der Waals surface area contributed by atoms with Gasteiger partial charge in [0.05, 0.1) is 4.90 Å². The zero-order valence-electron chi connectivity index (χ0n) is 19.0. The first-order chi connectivity index (χ1) is 14.5. The van der Waals surface area contributed by atoms with Crippen molar-refractivity contribution in [2.45, 2.75) is 109 Å². The lowest BCUT2D eigenvalue weighted by Gasteiger charge is -2.11. The van der Waals surface area contributed by atoms with E-state index in [0.29, 0.717) is 0 Å². The van der Waals surface area contributed by atoms with E-state index in [1.165, 1.54) is 63.4 Å². The molecular formula is C26H40O3S. The lowest BCUT2D eigenvalue weighted by Crippen LogP contribution is -2.01. The molecule has 0 aromatic heterocycles. The molecule has 30 heavy (non-hydrogen) atoms. The van der Waals surface area contributed by atoms with Gasteiger partial charge in [-0.2, -0.15) is 8.42 Å². The van der Waals surface area contributed by atoms with Gasteiger partial charge in [0.15, 0.2) is 0 Å². The summed E-state index contributed by atoms with van der Waals surface area (Å²) in [6, 6.07) is 9.73. The first-order valence-electron chi connectivity index (χ1n) is 12.0. The molecule has 0 aliphatic carbocycles. The van der Waals surface area contributed by atoms with Crippen LogP contribution in [-0.4, -0.2) is 13.0 Å². The summed E-state index contributed by atoms with van der Waals surface area (Å²) in [6.45, 7) is 4.45. The molecule has 0 amide bonds. The third-order valence-corrected chi connectivity index (χ3v) is 6.82. The predicted octanol–water partition coefficient (Wildman–Crippen LogP) is 7.89. The molecular weight excluding hydrogens is 392 g/mol. The van der Waals surface area contributed by atoms with Crippen molar-refractivity contribution >= 4 is 20.9 Å². The fourth-order valence-electron chi connectivity index (χ4n) is 4.18. The first kappa shape index (κ1) is 24.9. The van der Waals surface area contributed by atoms with Crippen LogP contribution in [0.2, 0.25) is 0 Å². The quantitative estimate of drug-likeness (QED) is 0.230. The van der Waals surface area contributed by atoms with Crippen LogP contribution in [-0.2, 0) is 23.0 Å². The van der Waals surface area contributed by atoms with Crippen LogP contribution in [0.4, 0.5) is 0 Å². The molecule has 0 aliphatic rings. The molecule has 0 aliphatic heterocycles. The maximum Gasteiger partial charge on any atom is 0.294 e. The highest BCUT2D eigenvalue weighted by Crippen LogP contribution is 2.27. The highest BCUT2D eigenvalue weighted by molar-refractivity contribution is 7.85. The molecule has 0 spiro atoms. The van der Waals surface area contributed by atoms with Gasteiger partial charge in [-0.3, -0.25) is 4.55 Å². The van der Waals surface area contributed by atoms with Crippen LogP contribution in [0.15, 0.2) is 35.2 Å². The Hall–Kier alpha value is -1.39. The molecule has 4 heteroatoms. The highest BCUT2D eigenvalue weighted by atomic mass is 32.2. The summed E-state index contributed by atoms with van der Waals surface area (Å²) in [4.78, 5) is 0.0210. The van der Waals surface area contributed by atoms with Crippen molar-refractivity contribution in [1.82, 2.24) is 0 Å². The minimum Gasteiger partial charge on any atom is -0.282 e. The molecule has 0 radical (unpaired) electrons. The van der Waals surface area contributed by atoms with Crippen LogP contribution in [0.5, 0.6) is 0 Å². The third-order valence-electron chi connectivity index (χ3n) is 5.99. The zero-order valence-corrected chi connectivity index (χ0v) is 19.8. The molecule has 0 heterocycles. The molecule has 0 saturated heterocycles. The Morgan fingerprint density at radius 2 is 1.27 bits per heavy atom. The van der Waals surface area contributed by atoms with Gasteiger partial charge in [0, 0.05) is 0 Å². The van der Waals surface area contributed by atoms with Crippen LogP contribution in [0.25, 0.3) is 10.8 Å². The van der Waals surface area contributed by atoms with E-state index in [2.05, 4.69) is 32.0 Å². The second-order valence-electron chi connectivity index (χ2n) is 8.65. The smallest absolute Gasteiger partial charge is 0.282 e. The lowest BCUT2D eigenvalue weighted by molar-refractivity contribution is 0.483. The topological polar surface area (TPSA) is 54.4 Å². The average molecular weight is 433 g/mol. The van der Waals surface area contributed by atoms with Crippen molar-refractivity contribution < 1.29 is 13.0 Å². The van der Waals surface area contributed by atoms with Crippen LogP contribution in [0, 0.1) is 0 Å². The summed E-state index contributed by atoms with van der Waals surface area (Å²) in [5.74, 6) is 0. The second-order valence-corrected chi connectivity index (χ2v) is 10.1. The summed E-state index contributed by atoms with van der Waals surface area (Å²) in [6.07, 6.45) is 16.7. The number of unbranched alkanes of at least 4 members (excludes halogenated alkanes) is 10. The molecule has 3 nitrogen and oxygen atoms in total. The third kappa shape index (κ3) is 8.39. The number of hydrogen-bond donors (Lipinski definition) is 1. The van der Waals surface area contributed by atoms with E-state index in [-0.39, 0.29) is 4.90 Å². The van der Waals surface area contributed by atoms with Gasteiger partial charge < -0.3 is 0 Å². The molecule has 2 aromatic rings. The average Bonchev–Trinajstić information content (AvgIpc) is 2.72. The molecule has 168 valence electrons. The summed E-state index contributed by atoms with van der Waals surface area (Å²) in [5, 5.41) is 2.04. The maximum atomic E-state index is 11.8. The molecule has 1 N–H and O–H groups in total. The minimum absolute atomic E-state index is 0.0210.